The maximum Gasteiger partial charge on any atom is 0.253 e. The number of likely N-dealkylation sites (N-methyl/N-ethyl adjacent to an activating group) is 1. The molecule has 0 saturated carbocycles. The second kappa shape index (κ2) is 13.2. The molecule has 2 N–H and O–H groups in total. The average molecular weight is 404 g/mol. The lowest BCUT2D eigenvalue weighted by atomic mass is 10.0. The molecule has 1 aromatic carbocycles. The molecule has 0 saturated heterocycles. The summed E-state index contributed by atoms with van der Waals surface area (Å²) in [5, 5.41) is 6.89. The Bertz CT molecular complexity index is 638. The number of hydrogen-bond donors (Lipinski definition) is 2. The van der Waals surface area contributed by atoms with Crippen molar-refractivity contribution in [2.45, 2.75) is 46.6 Å². The van der Waals surface area contributed by atoms with Crippen LogP contribution in [0.1, 0.15) is 50.0 Å². The van der Waals surface area contributed by atoms with E-state index in [4.69, 9.17) is 0 Å². The molecule has 0 spiro atoms. The zero-order chi connectivity index (χ0) is 21.8. The number of benzene rings is 1. The van der Waals surface area contributed by atoms with Crippen LogP contribution in [0.15, 0.2) is 29.3 Å². The van der Waals surface area contributed by atoms with Crippen molar-refractivity contribution in [1.82, 2.24) is 20.4 Å². The van der Waals surface area contributed by atoms with Gasteiger partial charge in [-0.1, -0.05) is 39.8 Å². The molecule has 0 heterocycles. The first-order valence-corrected chi connectivity index (χ1v) is 10.8. The molecule has 164 valence electrons. The van der Waals surface area contributed by atoms with E-state index >= 15 is 0 Å². The van der Waals surface area contributed by atoms with Crippen molar-refractivity contribution in [3.63, 3.8) is 0 Å². The smallest absolute Gasteiger partial charge is 0.253 e. The standard InChI is InChI=1S/C23H41N5O/c1-8-28(9-2)21(15-18(3)4)17-26-23(24-5)25-14-13-19-11-10-12-20(16-19)22(29)27(6)7/h10-12,16,18,21H,8-9,13-15,17H2,1-7H3,(H2,24,25,26). The largest absolute Gasteiger partial charge is 0.356 e. The van der Waals surface area contributed by atoms with Gasteiger partial charge in [-0.05, 0) is 49.5 Å². The Morgan fingerprint density at radius 1 is 1.14 bits per heavy atom. The Morgan fingerprint density at radius 3 is 2.38 bits per heavy atom. The molecule has 0 aromatic heterocycles. The van der Waals surface area contributed by atoms with Crippen molar-refractivity contribution in [3.05, 3.63) is 35.4 Å². The third-order valence-electron chi connectivity index (χ3n) is 5.09. The lowest BCUT2D eigenvalue weighted by Crippen LogP contribution is -2.48. The topological polar surface area (TPSA) is 60.0 Å². The number of rotatable bonds is 11. The Morgan fingerprint density at radius 2 is 1.83 bits per heavy atom. The molecule has 1 unspecified atom stereocenters. The fraction of sp³-hybridized carbons (Fsp3) is 0.652. The predicted molar refractivity (Wildman–Crippen MR) is 124 cm³/mol. The molecule has 1 aromatic rings. The van der Waals surface area contributed by atoms with Gasteiger partial charge in [0.15, 0.2) is 5.96 Å². The van der Waals surface area contributed by atoms with E-state index in [9.17, 15) is 4.79 Å². The Hall–Kier alpha value is -2.08. The Balaban J connectivity index is 2.57. The molecule has 0 aliphatic carbocycles. The summed E-state index contributed by atoms with van der Waals surface area (Å²) in [6, 6.07) is 8.33. The monoisotopic (exact) mass is 403 g/mol. The van der Waals surface area contributed by atoms with Gasteiger partial charge in [-0.25, -0.2) is 0 Å². The molecule has 0 radical (unpaired) electrons. The van der Waals surface area contributed by atoms with E-state index in [1.54, 1.807) is 26.0 Å². The summed E-state index contributed by atoms with van der Waals surface area (Å²) in [5.41, 5.74) is 1.87. The van der Waals surface area contributed by atoms with Crippen LogP contribution >= 0.6 is 0 Å². The van der Waals surface area contributed by atoms with Crippen LogP contribution in [0.2, 0.25) is 0 Å². The van der Waals surface area contributed by atoms with Gasteiger partial charge in [0.05, 0.1) is 0 Å². The van der Waals surface area contributed by atoms with Crippen molar-refractivity contribution >= 4 is 11.9 Å². The predicted octanol–water partition coefficient (Wildman–Crippen LogP) is 2.85. The van der Waals surface area contributed by atoms with Gasteiger partial charge in [0.2, 0.25) is 0 Å². The number of guanidine groups is 1. The molecule has 6 heteroatoms. The number of hydrogen-bond acceptors (Lipinski definition) is 3. The number of amides is 1. The molecule has 0 aliphatic rings. The van der Waals surface area contributed by atoms with Crippen molar-refractivity contribution in [2.24, 2.45) is 10.9 Å². The van der Waals surface area contributed by atoms with Crippen LogP contribution in [-0.4, -0.2) is 75.0 Å². The summed E-state index contributed by atoms with van der Waals surface area (Å²) in [5.74, 6) is 1.52. The average Bonchev–Trinajstić information content (AvgIpc) is 2.70. The van der Waals surface area contributed by atoms with Crippen LogP contribution in [0.25, 0.3) is 0 Å². The first kappa shape index (κ1) is 25.0. The number of nitrogens with zero attached hydrogens (tertiary/aromatic N) is 3. The van der Waals surface area contributed by atoms with Crippen LogP contribution < -0.4 is 10.6 Å². The van der Waals surface area contributed by atoms with Crippen molar-refractivity contribution in [1.29, 1.82) is 0 Å². The van der Waals surface area contributed by atoms with Crippen LogP contribution in [0, 0.1) is 5.92 Å². The van der Waals surface area contributed by atoms with E-state index in [1.165, 1.54) is 6.42 Å². The van der Waals surface area contributed by atoms with Gasteiger partial charge < -0.3 is 15.5 Å². The minimum atomic E-state index is 0.0323. The summed E-state index contributed by atoms with van der Waals surface area (Å²) in [6.45, 7) is 12.8. The molecule has 0 aliphatic heterocycles. The number of aliphatic imine (C=N–C) groups is 1. The van der Waals surface area contributed by atoms with Crippen LogP contribution in [0.3, 0.4) is 0 Å². The van der Waals surface area contributed by atoms with Crippen molar-refractivity contribution < 1.29 is 4.79 Å². The molecule has 1 rings (SSSR count). The third-order valence-corrected chi connectivity index (χ3v) is 5.09. The second-order valence-electron chi connectivity index (χ2n) is 8.03. The van der Waals surface area contributed by atoms with E-state index in [1.807, 2.05) is 18.2 Å². The SMILES string of the molecule is CCN(CC)C(CNC(=NC)NCCc1cccc(C(=O)N(C)C)c1)CC(C)C. The highest BCUT2D eigenvalue weighted by molar-refractivity contribution is 5.94. The van der Waals surface area contributed by atoms with Crippen LogP contribution in [-0.2, 0) is 6.42 Å². The van der Waals surface area contributed by atoms with Crippen molar-refractivity contribution in [2.75, 3.05) is 47.3 Å². The summed E-state index contributed by atoms with van der Waals surface area (Å²) in [7, 11) is 5.36. The van der Waals surface area contributed by atoms with E-state index in [-0.39, 0.29) is 5.91 Å². The first-order valence-electron chi connectivity index (χ1n) is 10.8. The highest BCUT2D eigenvalue weighted by Crippen LogP contribution is 2.11. The number of carbonyl (C=O) groups excluding carboxylic acids is 1. The normalized spacial score (nSPS) is 12.9. The molecule has 29 heavy (non-hydrogen) atoms. The summed E-state index contributed by atoms with van der Waals surface area (Å²) >= 11 is 0. The zero-order valence-electron chi connectivity index (χ0n) is 19.5. The third kappa shape index (κ3) is 8.86. The first-order chi connectivity index (χ1) is 13.8. The zero-order valence-corrected chi connectivity index (χ0v) is 19.5. The highest BCUT2D eigenvalue weighted by atomic mass is 16.2. The maximum atomic E-state index is 12.1. The molecular weight excluding hydrogens is 362 g/mol. The minimum Gasteiger partial charge on any atom is -0.356 e. The molecule has 6 nitrogen and oxygen atoms in total. The molecule has 0 bridgehead atoms. The molecule has 1 amide bonds. The maximum absolute atomic E-state index is 12.1. The Labute approximate surface area is 177 Å². The summed E-state index contributed by atoms with van der Waals surface area (Å²) in [4.78, 5) is 20.6. The Kier molecular flexibility index (Phi) is 11.4. The second-order valence-corrected chi connectivity index (χ2v) is 8.03. The van der Waals surface area contributed by atoms with Gasteiger partial charge in [-0.3, -0.25) is 14.7 Å². The van der Waals surface area contributed by atoms with Gasteiger partial charge in [0.1, 0.15) is 0 Å². The fourth-order valence-electron chi connectivity index (χ4n) is 3.52. The van der Waals surface area contributed by atoms with Gasteiger partial charge in [0.25, 0.3) is 5.91 Å². The van der Waals surface area contributed by atoms with Gasteiger partial charge in [0, 0.05) is 45.8 Å². The van der Waals surface area contributed by atoms with Crippen molar-refractivity contribution in [3.8, 4) is 0 Å². The molecule has 0 fully saturated rings. The number of nitrogens with one attached hydrogen (secondary N) is 2. The van der Waals surface area contributed by atoms with Crippen LogP contribution in [0.5, 0.6) is 0 Å². The highest BCUT2D eigenvalue weighted by Gasteiger charge is 2.17. The van der Waals surface area contributed by atoms with E-state index in [2.05, 4.69) is 54.3 Å². The van der Waals surface area contributed by atoms with E-state index in [0.717, 1.165) is 49.7 Å². The summed E-state index contributed by atoms with van der Waals surface area (Å²) in [6.07, 6.45) is 2.00. The van der Waals surface area contributed by atoms with E-state index in [0.29, 0.717) is 12.0 Å². The van der Waals surface area contributed by atoms with Crippen LogP contribution in [0.4, 0.5) is 0 Å². The van der Waals surface area contributed by atoms with E-state index < -0.39 is 0 Å². The minimum absolute atomic E-state index is 0.0323. The molecular formula is C23H41N5O. The lowest BCUT2D eigenvalue weighted by Gasteiger charge is -2.31. The fourth-order valence-corrected chi connectivity index (χ4v) is 3.52. The van der Waals surface area contributed by atoms with Gasteiger partial charge in [-0.2, -0.15) is 0 Å². The van der Waals surface area contributed by atoms with Gasteiger partial charge >= 0.3 is 0 Å². The molecule has 1 atom stereocenters. The van der Waals surface area contributed by atoms with Gasteiger partial charge in [-0.15, -0.1) is 0 Å². The summed E-state index contributed by atoms with van der Waals surface area (Å²) < 4.78 is 0. The quantitative estimate of drug-likeness (QED) is 0.441. The number of carbonyl (C=O) groups is 1. The lowest BCUT2D eigenvalue weighted by molar-refractivity contribution is 0.0827.